The molecule has 2 heterocycles. The number of methoxy groups -OCH3 is 1. The molecule has 3 aromatic carbocycles. The number of hydrogen-bond acceptors (Lipinski definition) is 4. The Kier molecular flexibility index (Phi) is 5.59. The molecule has 0 spiro atoms. The van der Waals surface area contributed by atoms with Crippen molar-refractivity contribution in [3.05, 3.63) is 90.8 Å². The van der Waals surface area contributed by atoms with Crippen LogP contribution in [0.15, 0.2) is 85.2 Å². The Labute approximate surface area is 183 Å². The van der Waals surface area contributed by atoms with Crippen LogP contribution >= 0.6 is 0 Å². The van der Waals surface area contributed by atoms with Gasteiger partial charge in [0.1, 0.15) is 5.75 Å². The number of fused-ring (bicyclic) bond motifs is 1. The second kappa shape index (κ2) is 8.82. The highest BCUT2D eigenvalue weighted by Gasteiger charge is 2.24. The Bertz CT molecular complexity index is 1130. The van der Waals surface area contributed by atoms with Crippen molar-refractivity contribution in [1.82, 2.24) is 14.5 Å². The number of hydrogen-bond donors (Lipinski definition) is 0. The van der Waals surface area contributed by atoms with Crippen LogP contribution in [0.25, 0.3) is 11.0 Å². The van der Waals surface area contributed by atoms with Crippen molar-refractivity contribution in [3.8, 4) is 5.75 Å². The van der Waals surface area contributed by atoms with Gasteiger partial charge in [-0.25, -0.2) is 4.98 Å². The number of para-hydroxylation sites is 4. The van der Waals surface area contributed by atoms with E-state index in [-0.39, 0.29) is 6.04 Å². The molecule has 31 heavy (non-hydrogen) atoms. The first kappa shape index (κ1) is 19.6. The predicted molar refractivity (Wildman–Crippen MR) is 126 cm³/mol. The molecule has 1 aromatic heterocycles. The van der Waals surface area contributed by atoms with E-state index in [0.717, 1.165) is 44.0 Å². The molecule has 1 atom stereocenters. The quantitative estimate of drug-likeness (QED) is 0.468. The first-order valence-corrected chi connectivity index (χ1v) is 10.9. The zero-order valence-corrected chi connectivity index (χ0v) is 17.9. The van der Waals surface area contributed by atoms with Crippen LogP contribution in [-0.4, -0.2) is 54.3 Å². The van der Waals surface area contributed by atoms with Gasteiger partial charge >= 0.3 is 0 Å². The third kappa shape index (κ3) is 4.01. The molecule has 0 bridgehead atoms. The third-order valence-electron chi connectivity index (χ3n) is 6.23. The average molecular weight is 413 g/mol. The second-order valence-corrected chi connectivity index (χ2v) is 8.03. The van der Waals surface area contributed by atoms with E-state index in [1.54, 1.807) is 7.11 Å². The molecule has 5 rings (SSSR count). The van der Waals surface area contributed by atoms with Crippen LogP contribution in [-0.2, 0) is 0 Å². The lowest BCUT2D eigenvalue weighted by Gasteiger charge is -2.38. The number of rotatable bonds is 6. The minimum Gasteiger partial charge on any atom is -0.495 e. The lowest BCUT2D eigenvalue weighted by atomic mass is 10.1. The van der Waals surface area contributed by atoms with E-state index >= 15 is 0 Å². The lowest BCUT2D eigenvalue weighted by Crippen LogP contribution is -2.48. The summed E-state index contributed by atoms with van der Waals surface area (Å²) in [6.45, 7) is 4.99. The number of benzene rings is 3. The van der Waals surface area contributed by atoms with Crippen molar-refractivity contribution < 1.29 is 4.74 Å². The molecule has 4 aromatic rings. The number of nitrogens with zero attached hydrogens (tertiary/aromatic N) is 4. The van der Waals surface area contributed by atoms with Crippen LogP contribution in [0.4, 0.5) is 5.69 Å². The van der Waals surface area contributed by atoms with Gasteiger partial charge in [0.2, 0.25) is 0 Å². The summed E-state index contributed by atoms with van der Waals surface area (Å²) >= 11 is 0. The van der Waals surface area contributed by atoms with E-state index < -0.39 is 0 Å². The molecular weight excluding hydrogens is 384 g/mol. The smallest absolute Gasteiger partial charge is 0.142 e. The van der Waals surface area contributed by atoms with Crippen molar-refractivity contribution >= 4 is 16.7 Å². The summed E-state index contributed by atoms with van der Waals surface area (Å²) in [5.74, 6) is 0.947. The summed E-state index contributed by atoms with van der Waals surface area (Å²) in [7, 11) is 1.75. The fourth-order valence-electron chi connectivity index (χ4n) is 4.56. The Hall–Kier alpha value is -3.31. The molecule has 0 radical (unpaired) electrons. The highest BCUT2D eigenvalue weighted by atomic mass is 16.5. The zero-order chi connectivity index (χ0) is 21.0. The van der Waals surface area contributed by atoms with Gasteiger partial charge in [-0.05, 0) is 29.8 Å². The molecule has 0 N–H and O–H groups in total. The predicted octanol–water partition coefficient (Wildman–Crippen LogP) is 4.46. The Balaban J connectivity index is 1.36. The average Bonchev–Trinajstić information content (AvgIpc) is 3.27. The summed E-state index contributed by atoms with van der Waals surface area (Å²) in [4.78, 5) is 9.65. The highest BCUT2D eigenvalue weighted by Crippen LogP contribution is 2.29. The van der Waals surface area contributed by atoms with E-state index in [4.69, 9.17) is 4.74 Å². The fraction of sp³-hybridized carbons (Fsp3) is 0.269. The monoisotopic (exact) mass is 412 g/mol. The SMILES string of the molecule is COc1ccccc1N1CCN(CC(c2ccccc2)n2cnc3ccccc32)CC1. The number of ether oxygens (including phenoxy) is 1. The molecule has 1 saturated heterocycles. The molecule has 5 heteroatoms. The summed E-state index contributed by atoms with van der Waals surface area (Å²) in [6, 6.07) is 27.7. The summed E-state index contributed by atoms with van der Waals surface area (Å²) < 4.78 is 7.90. The van der Waals surface area contributed by atoms with Gasteiger partial charge in [-0.2, -0.15) is 0 Å². The highest BCUT2D eigenvalue weighted by molar-refractivity contribution is 5.75. The number of aromatic nitrogens is 2. The standard InChI is InChI=1S/C26H28N4O/c1-31-26-14-8-7-13-24(26)29-17-15-28(16-18-29)19-25(21-9-3-2-4-10-21)30-20-27-22-11-5-6-12-23(22)30/h2-14,20,25H,15-19H2,1H3. The Morgan fingerprint density at radius 3 is 2.35 bits per heavy atom. The van der Waals surface area contributed by atoms with Gasteiger partial charge in [0.15, 0.2) is 0 Å². The van der Waals surface area contributed by atoms with Crippen molar-refractivity contribution in [2.45, 2.75) is 6.04 Å². The first-order valence-electron chi connectivity index (χ1n) is 10.9. The first-order chi connectivity index (χ1) is 15.3. The fourth-order valence-corrected chi connectivity index (χ4v) is 4.56. The van der Waals surface area contributed by atoms with Crippen molar-refractivity contribution in [2.24, 2.45) is 0 Å². The van der Waals surface area contributed by atoms with Crippen LogP contribution in [0.3, 0.4) is 0 Å². The molecule has 0 aliphatic carbocycles. The Morgan fingerprint density at radius 2 is 1.55 bits per heavy atom. The number of anilines is 1. The van der Waals surface area contributed by atoms with Gasteiger partial charge < -0.3 is 14.2 Å². The number of piperazine rings is 1. The van der Waals surface area contributed by atoms with Gasteiger partial charge in [0.05, 0.1) is 36.2 Å². The van der Waals surface area contributed by atoms with Crippen molar-refractivity contribution in [2.75, 3.05) is 44.7 Å². The third-order valence-corrected chi connectivity index (χ3v) is 6.23. The van der Waals surface area contributed by atoms with Gasteiger partial charge in [-0.15, -0.1) is 0 Å². The molecule has 0 amide bonds. The topological polar surface area (TPSA) is 33.5 Å². The second-order valence-electron chi connectivity index (χ2n) is 8.03. The maximum Gasteiger partial charge on any atom is 0.142 e. The largest absolute Gasteiger partial charge is 0.495 e. The van der Waals surface area contributed by atoms with Gasteiger partial charge in [-0.3, -0.25) is 4.90 Å². The molecule has 1 aliphatic heterocycles. The molecule has 1 unspecified atom stereocenters. The van der Waals surface area contributed by atoms with E-state index in [0.29, 0.717) is 0 Å². The van der Waals surface area contributed by atoms with E-state index in [1.807, 2.05) is 24.5 Å². The van der Waals surface area contributed by atoms with E-state index in [9.17, 15) is 0 Å². The van der Waals surface area contributed by atoms with Gasteiger partial charge in [0.25, 0.3) is 0 Å². The molecule has 0 saturated carbocycles. The Morgan fingerprint density at radius 1 is 0.839 bits per heavy atom. The van der Waals surface area contributed by atoms with E-state index in [1.165, 1.54) is 16.8 Å². The normalized spacial score (nSPS) is 15.8. The lowest BCUT2D eigenvalue weighted by molar-refractivity contribution is 0.233. The molecular formula is C26H28N4O. The molecule has 1 fully saturated rings. The van der Waals surface area contributed by atoms with Crippen LogP contribution in [0, 0.1) is 0 Å². The van der Waals surface area contributed by atoms with Crippen LogP contribution in [0.1, 0.15) is 11.6 Å². The summed E-state index contributed by atoms with van der Waals surface area (Å²) in [5.41, 5.74) is 4.73. The minimum atomic E-state index is 0.228. The van der Waals surface area contributed by atoms with Crippen LogP contribution in [0.5, 0.6) is 5.75 Å². The zero-order valence-electron chi connectivity index (χ0n) is 17.9. The maximum absolute atomic E-state index is 5.57. The maximum atomic E-state index is 5.57. The van der Waals surface area contributed by atoms with E-state index in [2.05, 4.69) is 80.0 Å². The summed E-state index contributed by atoms with van der Waals surface area (Å²) in [6.07, 6.45) is 1.99. The van der Waals surface area contributed by atoms with Crippen LogP contribution in [0.2, 0.25) is 0 Å². The number of imidazole rings is 1. The van der Waals surface area contributed by atoms with Crippen molar-refractivity contribution in [1.29, 1.82) is 0 Å². The van der Waals surface area contributed by atoms with Crippen molar-refractivity contribution in [3.63, 3.8) is 0 Å². The minimum absolute atomic E-state index is 0.228. The molecule has 158 valence electrons. The molecule has 1 aliphatic rings. The van der Waals surface area contributed by atoms with Gasteiger partial charge in [-0.1, -0.05) is 54.6 Å². The van der Waals surface area contributed by atoms with Gasteiger partial charge in [0, 0.05) is 32.7 Å². The molecule has 5 nitrogen and oxygen atoms in total. The summed E-state index contributed by atoms with van der Waals surface area (Å²) in [5, 5.41) is 0. The van der Waals surface area contributed by atoms with Crippen LogP contribution < -0.4 is 9.64 Å².